The van der Waals surface area contributed by atoms with Gasteiger partial charge in [0.05, 0.1) is 0 Å². The Morgan fingerprint density at radius 2 is 2.00 bits per heavy atom. The van der Waals surface area contributed by atoms with Crippen LogP contribution in [-0.2, 0) is 5.41 Å². The highest BCUT2D eigenvalue weighted by Gasteiger charge is 2.25. The van der Waals surface area contributed by atoms with Gasteiger partial charge in [0.1, 0.15) is 0 Å². The van der Waals surface area contributed by atoms with E-state index >= 15 is 0 Å². The van der Waals surface area contributed by atoms with Crippen LogP contribution in [0.5, 0.6) is 0 Å². The van der Waals surface area contributed by atoms with Crippen LogP contribution in [0.1, 0.15) is 26.5 Å². The molecular formula is C8H13FN2O. The smallest absolute Gasteiger partial charge is 0.297 e. The van der Waals surface area contributed by atoms with E-state index in [4.69, 9.17) is 4.42 Å². The van der Waals surface area contributed by atoms with Gasteiger partial charge >= 0.3 is 0 Å². The lowest BCUT2D eigenvalue weighted by Crippen LogP contribution is -2.11. The molecule has 0 unspecified atom stereocenters. The van der Waals surface area contributed by atoms with Crippen LogP contribution < -0.4 is 5.32 Å². The van der Waals surface area contributed by atoms with Gasteiger partial charge in [-0.3, -0.25) is 0 Å². The van der Waals surface area contributed by atoms with Crippen molar-refractivity contribution in [1.29, 1.82) is 0 Å². The largest absolute Gasteiger partial charge is 0.425 e. The van der Waals surface area contributed by atoms with Gasteiger partial charge in [0, 0.05) is 12.5 Å². The monoisotopic (exact) mass is 172 g/mol. The van der Waals surface area contributed by atoms with Gasteiger partial charge < -0.3 is 9.73 Å². The SMILES string of the molecule is CNc1nc(F)c(C(C)(C)C)o1. The van der Waals surface area contributed by atoms with Crippen LogP contribution in [0, 0.1) is 5.95 Å². The van der Waals surface area contributed by atoms with Crippen molar-refractivity contribution >= 4 is 6.01 Å². The lowest BCUT2D eigenvalue weighted by molar-refractivity contribution is 0.387. The Hall–Kier alpha value is -1.06. The van der Waals surface area contributed by atoms with Crippen molar-refractivity contribution < 1.29 is 8.81 Å². The van der Waals surface area contributed by atoms with Crippen LogP contribution in [0.15, 0.2) is 4.42 Å². The third-order valence-corrected chi connectivity index (χ3v) is 1.48. The highest BCUT2D eigenvalue weighted by atomic mass is 19.1. The first-order valence-electron chi connectivity index (χ1n) is 3.79. The second-order valence-corrected chi connectivity index (χ2v) is 3.64. The van der Waals surface area contributed by atoms with Crippen LogP contribution in [0.25, 0.3) is 0 Å². The molecule has 0 aliphatic heterocycles. The molecule has 0 fully saturated rings. The van der Waals surface area contributed by atoms with E-state index in [-0.39, 0.29) is 17.2 Å². The van der Waals surface area contributed by atoms with Gasteiger partial charge in [-0.05, 0) is 0 Å². The Balaban J connectivity index is 3.08. The number of halogens is 1. The first-order chi connectivity index (χ1) is 5.45. The van der Waals surface area contributed by atoms with Crippen LogP contribution in [0.2, 0.25) is 0 Å². The predicted octanol–water partition coefficient (Wildman–Crippen LogP) is 2.15. The molecule has 1 N–H and O–H groups in total. The maximum atomic E-state index is 13.0. The van der Waals surface area contributed by atoms with Crippen molar-refractivity contribution in [1.82, 2.24) is 4.98 Å². The average Bonchev–Trinajstić information content (AvgIpc) is 2.29. The Morgan fingerprint density at radius 1 is 1.42 bits per heavy atom. The van der Waals surface area contributed by atoms with Gasteiger partial charge in [-0.1, -0.05) is 20.8 Å². The zero-order valence-corrected chi connectivity index (χ0v) is 7.73. The molecule has 0 bridgehead atoms. The fourth-order valence-corrected chi connectivity index (χ4v) is 0.871. The van der Waals surface area contributed by atoms with Crippen LogP contribution in [0.4, 0.5) is 10.4 Å². The van der Waals surface area contributed by atoms with Gasteiger partial charge in [-0.15, -0.1) is 0 Å². The normalized spacial score (nSPS) is 11.8. The first kappa shape index (κ1) is 9.03. The zero-order valence-electron chi connectivity index (χ0n) is 7.73. The molecule has 0 aliphatic rings. The van der Waals surface area contributed by atoms with Crippen molar-refractivity contribution in [3.63, 3.8) is 0 Å². The second kappa shape index (κ2) is 2.77. The summed E-state index contributed by atoms with van der Waals surface area (Å²) in [5.74, 6) is -0.251. The number of anilines is 1. The van der Waals surface area contributed by atoms with Gasteiger partial charge in [-0.2, -0.15) is 9.37 Å². The summed E-state index contributed by atoms with van der Waals surface area (Å²) < 4.78 is 18.2. The van der Waals surface area contributed by atoms with E-state index in [1.165, 1.54) is 0 Å². The molecule has 0 aliphatic carbocycles. The Morgan fingerprint density at radius 3 is 2.25 bits per heavy atom. The van der Waals surface area contributed by atoms with Crippen molar-refractivity contribution in [2.45, 2.75) is 26.2 Å². The molecular weight excluding hydrogens is 159 g/mol. The van der Waals surface area contributed by atoms with E-state index < -0.39 is 5.95 Å². The van der Waals surface area contributed by atoms with Crippen LogP contribution >= 0.6 is 0 Å². The number of hydrogen-bond donors (Lipinski definition) is 1. The molecule has 1 rings (SSSR count). The fraction of sp³-hybridized carbons (Fsp3) is 0.625. The molecule has 1 aromatic rings. The van der Waals surface area contributed by atoms with Gasteiger partial charge in [0.2, 0.25) is 0 Å². The minimum Gasteiger partial charge on any atom is -0.425 e. The van der Waals surface area contributed by atoms with E-state index in [9.17, 15) is 4.39 Å². The van der Waals surface area contributed by atoms with Crippen molar-refractivity contribution in [3.05, 3.63) is 11.7 Å². The number of hydrogen-bond acceptors (Lipinski definition) is 3. The maximum Gasteiger partial charge on any atom is 0.297 e. The minimum absolute atomic E-state index is 0.220. The number of aromatic nitrogens is 1. The van der Waals surface area contributed by atoms with Crippen molar-refractivity contribution in [2.24, 2.45) is 0 Å². The summed E-state index contributed by atoms with van der Waals surface area (Å²) in [6.45, 7) is 5.61. The molecule has 0 amide bonds. The third kappa shape index (κ3) is 1.57. The molecule has 4 heteroatoms. The van der Waals surface area contributed by atoms with Gasteiger partial charge in [-0.25, -0.2) is 0 Å². The maximum absolute atomic E-state index is 13.0. The number of rotatable bonds is 1. The molecule has 0 spiro atoms. The summed E-state index contributed by atoms with van der Waals surface area (Å²) in [5.41, 5.74) is -0.341. The Labute approximate surface area is 71.0 Å². The van der Waals surface area contributed by atoms with Crippen molar-refractivity contribution in [3.8, 4) is 0 Å². The standard InChI is InChI=1S/C8H13FN2O/c1-8(2,3)5-6(9)11-7(10-4)12-5/h1-4H3,(H,10,11). The number of nitrogens with one attached hydrogen (secondary N) is 1. The third-order valence-electron chi connectivity index (χ3n) is 1.48. The van der Waals surface area contributed by atoms with Crippen molar-refractivity contribution in [2.75, 3.05) is 12.4 Å². The minimum atomic E-state index is -0.535. The molecule has 0 atom stereocenters. The summed E-state index contributed by atoms with van der Waals surface area (Å²) in [4.78, 5) is 3.55. The molecule has 12 heavy (non-hydrogen) atoms. The zero-order chi connectivity index (χ0) is 9.35. The lowest BCUT2D eigenvalue weighted by Gasteiger charge is -2.13. The quantitative estimate of drug-likeness (QED) is 0.705. The van der Waals surface area contributed by atoms with E-state index in [0.29, 0.717) is 0 Å². The first-order valence-corrected chi connectivity index (χ1v) is 3.79. The summed E-state index contributed by atoms with van der Waals surface area (Å²) >= 11 is 0. The summed E-state index contributed by atoms with van der Waals surface area (Å²) in [6, 6.07) is 0.220. The van der Waals surface area contributed by atoms with Crippen LogP contribution in [0.3, 0.4) is 0 Å². The van der Waals surface area contributed by atoms with E-state index in [1.807, 2.05) is 20.8 Å². The predicted molar refractivity (Wildman–Crippen MR) is 44.7 cm³/mol. The molecule has 0 saturated carbocycles. The van der Waals surface area contributed by atoms with Gasteiger partial charge in [0.15, 0.2) is 5.76 Å². The molecule has 1 heterocycles. The molecule has 1 aromatic heterocycles. The Kier molecular flexibility index (Phi) is 2.08. The summed E-state index contributed by atoms with van der Waals surface area (Å²) in [7, 11) is 1.64. The summed E-state index contributed by atoms with van der Waals surface area (Å²) in [6.07, 6.45) is 0. The van der Waals surface area contributed by atoms with E-state index in [2.05, 4.69) is 10.3 Å². The van der Waals surface area contributed by atoms with E-state index in [0.717, 1.165) is 0 Å². The molecule has 3 nitrogen and oxygen atoms in total. The molecule has 68 valence electrons. The molecule has 0 radical (unpaired) electrons. The van der Waals surface area contributed by atoms with E-state index in [1.54, 1.807) is 7.05 Å². The average molecular weight is 172 g/mol. The van der Waals surface area contributed by atoms with Crippen LogP contribution in [-0.4, -0.2) is 12.0 Å². The summed E-state index contributed by atoms with van der Waals surface area (Å²) in [5, 5.41) is 2.64. The Bertz CT molecular complexity index is 275. The topological polar surface area (TPSA) is 38.1 Å². The highest BCUT2D eigenvalue weighted by molar-refractivity contribution is 5.22. The lowest BCUT2D eigenvalue weighted by atomic mass is 9.94. The fourth-order valence-electron chi connectivity index (χ4n) is 0.871. The molecule has 0 aromatic carbocycles. The highest BCUT2D eigenvalue weighted by Crippen LogP contribution is 2.27. The molecule has 0 saturated heterocycles. The van der Waals surface area contributed by atoms with Gasteiger partial charge in [0.25, 0.3) is 12.0 Å². The second-order valence-electron chi connectivity index (χ2n) is 3.64. The number of nitrogens with zero attached hydrogens (tertiary/aromatic N) is 1. The number of oxazole rings is 1.